The summed E-state index contributed by atoms with van der Waals surface area (Å²) < 4.78 is 5.02. The molecule has 18 heavy (non-hydrogen) atoms. The van der Waals surface area contributed by atoms with Crippen LogP contribution in [-0.2, 0) is 9.53 Å². The molecule has 0 aliphatic rings. The molecular formula is C12H22BrNO4. The molecule has 0 spiro atoms. The van der Waals surface area contributed by atoms with E-state index in [0.29, 0.717) is 6.42 Å². The first kappa shape index (κ1) is 17.2. The predicted octanol–water partition coefficient (Wildman–Crippen LogP) is 2.92. The van der Waals surface area contributed by atoms with Gasteiger partial charge in [-0.3, -0.25) is 0 Å². The molecule has 0 heterocycles. The molecule has 0 rings (SSSR count). The van der Waals surface area contributed by atoms with Crippen molar-refractivity contribution in [2.45, 2.75) is 58.1 Å². The summed E-state index contributed by atoms with van der Waals surface area (Å²) in [4.78, 5) is 22.4. The Labute approximate surface area is 116 Å². The third kappa shape index (κ3) is 9.27. The maximum Gasteiger partial charge on any atom is 0.408 e. The number of amides is 1. The van der Waals surface area contributed by atoms with Crippen molar-refractivity contribution >= 4 is 28.0 Å². The first-order valence-corrected chi connectivity index (χ1v) is 7.16. The molecule has 0 aromatic heterocycles. The molecule has 1 atom stereocenters. The molecule has 1 amide bonds. The monoisotopic (exact) mass is 323 g/mol. The Hall–Kier alpha value is -0.780. The summed E-state index contributed by atoms with van der Waals surface area (Å²) in [6.07, 6.45) is 2.43. The van der Waals surface area contributed by atoms with E-state index in [0.717, 1.165) is 24.6 Å². The molecule has 0 fully saturated rings. The van der Waals surface area contributed by atoms with Gasteiger partial charge in [0.05, 0.1) is 0 Å². The highest BCUT2D eigenvalue weighted by Gasteiger charge is 2.23. The minimum absolute atomic E-state index is 0.418. The number of hydrogen-bond donors (Lipinski definition) is 2. The first-order chi connectivity index (χ1) is 8.26. The third-order valence-corrected chi connectivity index (χ3v) is 2.68. The van der Waals surface area contributed by atoms with Crippen LogP contribution >= 0.6 is 15.9 Å². The van der Waals surface area contributed by atoms with Crippen LogP contribution in [0, 0.1) is 0 Å². The smallest absolute Gasteiger partial charge is 0.408 e. The lowest BCUT2D eigenvalue weighted by Crippen LogP contribution is -2.43. The van der Waals surface area contributed by atoms with E-state index in [2.05, 4.69) is 21.2 Å². The van der Waals surface area contributed by atoms with E-state index in [1.807, 2.05) is 0 Å². The number of halogens is 1. The molecule has 2 N–H and O–H groups in total. The average Bonchev–Trinajstić information content (AvgIpc) is 2.19. The lowest BCUT2D eigenvalue weighted by Gasteiger charge is -2.22. The van der Waals surface area contributed by atoms with Crippen LogP contribution in [0.2, 0.25) is 0 Å². The van der Waals surface area contributed by atoms with Crippen LogP contribution in [0.3, 0.4) is 0 Å². The maximum atomic E-state index is 11.5. The molecule has 0 bridgehead atoms. The van der Waals surface area contributed by atoms with Crippen molar-refractivity contribution in [2.75, 3.05) is 5.33 Å². The van der Waals surface area contributed by atoms with Gasteiger partial charge in [0.15, 0.2) is 0 Å². The van der Waals surface area contributed by atoms with E-state index < -0.39 is 23.7 Å². The van der Waals surface area contributed by atoms with E-state index in [9.17, 15) is 9.59 Å². The van der Waals surface area contributed by atoms with Crippen LogP contribution in [0.4, 0.5) is 4.79 Å². The molecule has 0 aromatic rings. The van der Waals surface area contributed by atoms with Crippen LogP contribution in [0.5, 0.6) is 0 Å². The minimum Gasteiger partial charge on any atom is -0.480 e. The summed E-state index contributed by atoms with van der Waals surface area (Å²) in [6, 6.07) is -0.879. The molecule has 0 saturated carbocycles. The van der Waals surface area contributed by atoms with Gasteiger partial charge >= 0.3 is 12.1 Å². The molecule has 0 saturated heterocycles. The van der Waals surface area contributed by atoms with Crippen LogP contribution < -0.4 is 5.32 Å². The Morgan fingerprint density at radius 1 is 1.28 bits per heavy atom. The fourth-order valence-electron chi connectivity index (χ4n) is 1.33. The fourth-order valence-corrected chi connectivity index (χ4v) is 1.72. The van der Waals surface area contributed by atoms with E-state index in [1.165, 1.54) is 0 Å². The van der Waals surface area contributed by atoms with Crippen LogP contribution in [-0.4, -0.2) is 34.1 Å². The Kier molecular flexibility index (Phi) is 7.98. The number of alkyl carbamates (subject to hydrolysis) is 1. The number of carbonyl (C=O) groups excluding carboxylic acids is 1. The number of carboxylic acid groups (broad SMARTS) is 1. The Balaban J connectivity index is 4.11. The lowest BCUT2D eigenvalue weighted by atomic mass is 10.1. The van der Waals surface area contributed by atoms with Crippen molar-refractivity contribution < 1.29 is 19.4 Å². The molecular weight excluding hydrogens is 302 g/mol. The summed E-state index contributed by atoms with van der Waals surface area (Å²) in [6.45, 7) is 5.20. The second-order valence-electron chi connectivity index (χ2n) is 5.08. The second kappa shape index (κ2) is 8.34. The van der Waals surface area contributed by atoms with E-state index in [1.54, 1.807) is 20.8 Å². The average molecular weight is 324 g/mol. The summed E-state index contributed by atoms with van der Waals surface area (Å²) >= 11 is 3.31. The van der Waals surface area contributed by atoms with Gasteiger partial charge in [-0.25, -0.2) is 9.59 Å². The Morgan fingerprint density at radius 2 is 1.89 bits per heavy atom. The normalized spacial score (nSPS) is 12.9. The van der Waals surface area contributed by atoms with Crippen LogP contribution in [0.1, 0.15) is 46.5 Å². The van der Waals surface area contributed by atoms with Gasteiger partial charge in [0, 0.05) is 5.33 Å². The zero-order valence-electron chi connectivity index (χ0n) is 11.2. The SMILES string of the molecule is CC(C)(C)OC(=O)NC(CCCCCBr)C(=O)O. The highest BCUT2D eigenvalue weighted by Crippen LogP contribution is 2.09. The maximum absolute atomic E-state index is 11.5. The molecule has 0 aliphatic heterocycles. The number of carboxylic acids is 1. The van der Waals surface area contributed by atoms with Gasteiger partial charge < -0.3 is 15.2 Å². The summed E-state index contributed by atoms with van der Waals surface area (Å²) in [5.74, 6) is -1.03. The predicted molar refractivity (Wildman–Crippen MR) is 73.1 cm³/mol. The molecule has 0 aromatic carbocycles. The topological polar surface area (TPSA) is 75.6 Å². The summed E-state index contributed by atoms with van der Waals surface area (Å²) in [5.41, 5.74) is -0.622. The first-order valence-electron chi connectivity index (χ1n) is 6.04. The van der Waals surface area contributed by atoms with Crippen molar-refractivity contribution in [3.8, 4) is 0 Å². The van der Waals surface area contributed by atoms with Gasteiger partial charge in [-0.2, -0.15) is 0 Å². The van der Waals surface area contributed by atoms with Crippen molar-refractivity contribution in [2.24, 2.45) is 0 Å². The minimum atomic E-state index is -1.03. The molecule has 1 unspecified atom stereocenters. The fraction of sp³-hybridized carbons (Fsp3) is 0.833. The number of ether oxygens (including phenoxy) is 1. The summed E-state index contributed by atoms with van der Waals surface area (Å²) in [7, 11) is 0. The van der Waals surface area contributed by atoms with Gasteiger partial charge in [0.2, 0.25) is 0 Å². The van der Waals surface area contributed by atoms with Crippen LogP contribution in [0.15, 0.2) is 0 Å². The number of carbonyl (C=O) groups is 2. The number of unbranched alkanes of at least 4 members (excludes halogenated alkanes) is 2. The number of aliphatic carboxylic acids is 1. The second-order valence-corrected chi connectivity index (χ2v) is 5.87. The Morgan fingerprint density at radius 3 is 2.33 bits per heavy atom. The third-order valence-electron chi connectivity index (χ3n) is 2.12. The Bertz CT molecular complexity index is 276. The van der Waals surface area contributed by atoms with E-state index in [4.69, 9.17) is 9.84 Å². The molecule has 0 aliphatic carbocycles. The van der Waals surface area contributed by atoms with Crippen molar-refractivity contribution in [3.63, 3.8) is 0 Å². The van der Waals surface area contributed by atoms with Gasteiger partial charge in [-0.1, -0.05) is 28.8 Å². The summed E-state index contributed by atoms with van der Waals surface area (Å²) in [5, 5.41) is 12.3. The molecule has 6 heteroatoms. The largest absolute Gasteiger partial charge is 0.480 e. The number of rotatable bonds is 7. The van der Waals surface area contributed by atoms with Gasteiger partial charge in [0.25, 0.3) is 0 Å². The zero-order valence-corrected chi connectivity index (χ0v) is 12.7. The van der Waals surface area contributed by atoms with E-state index in [-0.39, 0.29) is 0 Å². The lowest BCUT2D eigenvalue weighted by molar-refractivity contribution is -0.139. The van der Waals surface area contributed by atoms with E-state index >= 15 is 0 Å². The molecule has 0 radical (unpaired) electrons. The van der Waals surface area contributed by atoms with Crippen molar-refractivity contribution in [1.82, 2.24) is 5.32 Å². The van der Waals surface area contributed by atoms with Crippen molar-refractivity contribution in [1.29, 1.82) is 0 Å². The standard InChI is InChI=1S/C12H22BrNO4/c1-12(2,3)18-11(17)14-9(10(15)16)7-5-4-6-8-13/h9H,4-8H2,1-3H3,(H,14,17)(H,15,16). The zero-order chi connectivity index (χ0) is 14.2. The number of hydrogen-bond acceptors (Lipinski definition) is 3. The number of alkyl halides is 1. The molecule has 106 valence electrons. The quantitative estimate of drug-likeness (QED) is 0.558. The van der Waals surface area contributed by atoms with Gasteiger partial charge in [-0.15, -0.1) is 0 Å². The van der Waals surface area contributed by atoms with Crippen LogP contribution in [0.25, 0.3) is 0 Å². The van der Waals surface area contributed by atoms with Gasteiger partial charge in [0.1, 0.15) is 11.6 Å². The van der Waals surface area contributed by atoms with Gasteiger partial charge in [-0.05, 0) is 33.6 Å². The highest BCUT2D eigenvalue weighted by molar-refractivity contribution is 9.09. The highest BCUT2D eigenvalue weighted by atomic mass is 79.9. The van der Waals surface area contributed by atoms with Crippen molar-refractivity contribution in [3.05, 3.63) is 0 Å². The number of nitrogens with one attached hydrogen (secondary N) is 1. The molecule has 5 nitrogen and oxygen atoms in total.